The highest BCUT2D eigenvalue weighted by Crippen LogP contribution is 2.25. The van der Waals surface area contributed by atoms with E-state index in [1.54, 1.807) is 17.3 Å². The van der Waals surface area contributed by atoms with Gasteiger partial charge in [-0.2, -0.15) is 0 Å². The second-order valence-corrected chi connectivity index (χ2v) is 3.75. The molecule has 0 atom stereocenters. The number of hydrogen-bond acceptors (Lipinski definition) is 4. The first-order valence-corrected chi connectivity index (χ1v) is 4.89. The molecule has 76 valence electrons. The van der Waals surface area contributed by atoms with Gasteiger partial charge >= 0.3 is 5.97 Å². The number of thiophene rings is 1. The molecule has 0 aliphatic carbocycles. The monoisotopic (exact) mass is 212 g/mol. The quantitative estimate of drug-likeness (QED) is 0.435. The van der Waals surface area contributed by atoms with Crippen molar-refractivity contribution in [1.29, 1.82) is 0 Å². The molecule has 0 aliphatic heterocycles. The molecule has 1 heterocycles. The lowest BCUT2D eigenvalue weighted by Gasteiger charge is -2.02. The van der Waals surface area contributed by atoms with Crippen molar-refractivity contribution in [3.63, 3.8) is 0 Å². The van der Waals surface area contributed by atoms with Crippen molar-refractivity contribution >= 4 is 29.3 Å². The van der Waals surface area contributed by atoms with Crippen molar-refractivity contribution in [2.45, 2.75) is 0 Å². The van der Waals surface area contributed by atoms with Crippen LogP contribution in [-0.4, -0.2) is 38.4 Å². The van der Waals surface area contributed by atoms with Crippen LogP contribution >= 0.6 is 11.3 Å². The highest BCUT2D eigenvalue weighted by molar-refractivity contribution is 7.12. The average molecular weight is 212 g/mol. The van der Waals surface area contributed by atoms with Crippen molar-refractivity contribution in [2.75, 3.05) is 21.2 Å². The molecule has 0 amide bonds. The summed E-state index contributed by atoms with van der Waals surface area (Å²) in [6.45, 7) is 0. The molecule has 0 saturated carbocycles. The number of aliphatic imine (C=N–C) groups is 1. The zero-order valence-corrected chi connectivity index (χ0v) is 9.17. The highest BCUT2D eigenvalue weighted by Gasteiger charge is 2.12. The minimum atomic E-state index is -0.342. The largest absolute Gasteiger partial charge is 0.465 e. The lowest BCUT2D eigenvalue weighted by atomic mass is 10.4. The van der Waals surface area contributed by atoms with Crippen LogP contribution in [0.1, 0.15) is 9.67 Å². The van der Waals surface area contributed by atoms with Gasteiger partial charge in [0.2, 0.25) is 0 Å². The molecular formula is C9H12N2O2S. The highest BCUT2D eigenvalue weighted by atomic mass is 32.1. The zero-order valence-electron chi connectivity index (χ0n) is 8.35. The van der Waals surface area contributed by atoms with Gasteiger partial charge in [-0.05, 0) is 11.4 Å². The maximum absolute atomic E-state index is 11.2. The Labute approximate surface area is 86.8 Å². The third-order valence-corrected chi connectivity index (χ3v) is 2.33. The fraction of sp³-hybridized carbons (Fsp3) is 0.333. The van der Waals surface area contributed by atoms with Crippen LogP contribution in [0.15, 0.2) is 16.4 Å². The van der Waals surface area contributed by atoms with E-state index in [4.69, 9.17) is 0 Å². The predicted octanol–water partition coefficient (Wildman–Crippen LogP) is 1.76. The molecular weight excluding hydrogens is 200 g/mol. The maximum atomic E-state index is 11.2. The predicted molar refractivity (Wildman–Crippen MR) is 57.5 cm³/mol. The molecule has 0 N–H and O–H groups in total. The van der Waals surface area contributed by atoms with Gasteiger partial charge in [-0.1, -0.05) is 0 Å². The smallest absolute Gasteiger partial charge is 0.350 e. The zero-order chi connectivity index (χ0) is 10.6. The Hall–Kier alpha value is -1.36. The van der Waals surface area contributed by atoms with Gasteiger partial charge in [0.25, 0.3) is 0 Å². The summed E-state index contributed by atoms with van der Waals surface area (Å²) in [6.07, 6.45) is 1.65. The summed E-state index contributed by atoms with van der Waals surface area (Å²) in [4.78, 5) is 17.7. The number of carbonyl (C=O) groups is 1. The van der Waals surface area contributed by atoms with Gasteiger partial charge in [0.05, 0.1) is 19.1 Å². The normalized spacial score (nSPS) is 10.5. The molecule has 0 fully saturated rings. The molecule has 14 heavy (non-hydrogen) atoms. The second kappa shape index (κ2) is 4.76. The van der Waals surface area contributed by atoms with Crippen LogP contribution < -0.4 is 0 Å². The Morgan fingerprint density at radius 3 is 2.93 bits per heavy atom. The Morgan fingerprint density at radius 1 is 1.64 bits per heavy atom. The van der Waals surface area contributed by atoms with E-state index in [-0.39, 0.29) is 5.97 Å². The summed E-state index contributed by atoms with van der Waals surface area (Å²) in [6, 6.07) is 1.79. The first kappa shape index (κ1) is 10.7. The number of rotatable bonds is 3. The van der Waals surface area contributed by atoms with E-state index < -0.39 is 0 Å². The van der Waals surface area contributed by atoms with Gasteiger partial charge in [-0.15, -0.1) is 11.3 Å². The van der Waals surface area contributed by atoms with E-state index in [1.807, 2.05) is 19.5 Å². The van der Waals surface area contributed by atoms with Gasteiger partial charge in [0.1, 0.15) is 4.88 Å². The molecule has 0 unspecified atom stereocenters. The van der Waals surface area contributed by atoms with Crippen LogP contribution in [0, 0.1) is 0 Å². The van der Waals surface area contributed by atoms with E-state index in [9.17, 15) is 4.79 Å². The lowest BCUT2D eigenvalue weighted by molar-refractivity contribution is 0.0607. The molecule has 0 saturated heterocycles. The molecule has 1 aromatic heterocycles. The first-order valence-electron chi connectivity index (χ1n) is 4.01. The van der Waals surface area contributed by atoms with E-state index in [2.05, 4.69) is 9.73 Å². The molecule has 5 heteroatoms. The SMILES string of the molecule is COC(=O)c1sccc1N=CN(C)C. The Bertz CT molecular complexity index is 344. The van der Waals surface area contributed by atoms with Crippen molar-refractivity contribution in [3.8, 4) is 0 Å². The topological polar surface area (TPSA) is 41.9 Å². The van der Waals surface area contributed by atoms with Gasteiger partial charge in [0.15, 0.2) is 0 Å². The van der Waals surface area contributed by atoms with E-state index in [0.717, 1.165) is 0 Å². The van der Waals surface area contributed by atoms with Crippen LogP contribution in [-0.2, 0) is 4.74 Å². The standard InChI is InChI=1S/C9H12N2O2S/c1-11(2)6-10-7-4-5-14-8(7)9(12)13-3/h4-6H,1-3H3. The molecule has 1 aromatic rings. The maximum Gasteiger partial charge on any atom is 0.350 e. The molecule has 4 nitrogen and oxygen atoms in total. The molecule has 0 aromatic carbocycles. The van der Waals surface area contributed by atoms with Crippen molar-refractivity contribution in [1.82, 2.24) is 4.90 Å². The fourth-order valence-electron chi connectivity index (χ4n) is 0.827. The number of esters is 1. The van der Waals surface area contributed by atoms with Crippen LogP contribution in [0.25, 0.3) is 0 Å². The molecule has 0 radical (unpaired) electrons. The summed E-state index contributed by atoms with van der Waals surface area (Å²) in [5.74, 6) is -0.342. The number of hydrogen-bond donors (Lipinski definition) is 0. The van der Waals surface area contributed by atoms with E-state index in [1.165, 1.54) is 18.4 Å². The Morgan fingerprint density at radius 2 is 2.36 bits per heavy atom. The fourth-order valence-corrected chi connectivity index (χ4v) is 1.58. The third kappa shape index (κ3) is 2.56. The van der Waals surface area contributed by atoms with Crippen molar-refractivity contribution < 1.29 is 9.53 Å². The van der Waals surface area contributed by atoms with Crippen molar-refractivity contribution in [2.24, 2.45) is 4.99 Å². The third-order valence-electron chi connectivity index (χ3n) is 1.44. The van der Waals surface area contributed by atoms with Gasteiger partial charge < -0.3 is 9.64 Å². The van der Waals surface area contributed by atoms with E-state index >= 15 is 0 Å². The number of ether oxygens (including phenoxy) is 1. The van der Waals surface area contributed by atoms with E-state index in [0.29, 0.717) is 10.6 Å². The van der Waals surface area contributed by atoms with Gasteiger partial charge in [-0.3, -0.25) is 0 Å². The molecule has 0 spiro atoms. The number of carbonyl (C=O) groups excluding carboxylic acids is 1. The summed E-state index contributed by atoms with van der Waals surface area (Å²) in [5, 5.41) is 1.81. The van der Waals surface area contributed by atoms with Gasteiger partial charge in [-0.25, -0.2) is 9.79 Å². The van der Waals surface area contributed by atoms with Crippen LogP contribution in [0.4, 0.5) is 5.69 Å². The number of methoxy groups -OCH3 is 1. The first-order chi connectivity index (χ1) is 6.65. The van der Waals surface area contributed by atoms with Crippen LogP contribution in [0.2, 0.25) is 0 Å². The minimum absolute atomic E-state index is 0.342. The summed E-state index contributed by atoms with van der Waals surface area (Å²) in [7, 11) is 5.10. The second-order valence-electron chi connectivity index (χ2n) is 2.83. The van der Waals surface area contributed by atoms with Crippen LogP contribution in [0.3, 0.4) is 0 Å². The van der Waals surface area contributed by atoms with Crippen LogP contribution in [0.5, 0.6) is 0 Å². The number of nitrogens with zero attached hydrogens (tertiary/aromatic N) is 2. The van der Waals surface area contributed by atoms with Gasteiger partial charge in [0, 0.05) is 14.1 Å². The Kier molecular flexibility index (Phi) is 3.64. The Balaban J connectivity index is 2.88. The molecule has 0 bridgehead atoms. The minimum Gasteiger partial charge on any atom is -0.465 e. The molecule has 0 aliphatic rings. The summed E-state index contributed by atoms with van der Waals surface area (Å²) >= 11 is 1.33. The summed E-state index contributed by atoms with van der Waals surface area (Å²) in [5.41, 5.74) is 0.649. The average Bonchev–Trinajstić information content (AvgIpc) is 2.61. The lowest BCUT2D eigenvalue weighted by Crippen LogP contribution is -2.07. The molecule has 1 rings (SSSR count). The summed E-state index contributed by atoms with van der Waals surface area (Å²) < 4.78 is 4.63. The van der Waals surface area contributed by atoms with Crippen molar-refractivity contribution in [3.05, 3.63) is 16.3 Å².